The highest BCUT2D eigenvalue weighted by atomic mass is 35.5. The number of carbonyl (C=O) groups is 1. The summed E-state index contributed by atoms with van der Waals surface area (Å²) >= 11 is 0. The number of carbonyl (C=O) groups excluding carboxylic acids is 1. The molecule has 0 aliphatic rings. The summed E-state index contributed by atoms with van der Waals surface area (Å²) in [7, 11) is 0. The van der Waals surface area contributed by atoms with Gasteiger partial charge in [0.15, 0.2) is 0 Å². The van der Waals surface area contributed by atoms with Crippen LogP contribution in [0.25, 0.3) is 0 Å². The summed E-state index contributed by atoms with van der Waals surface area (Å²) in [5.74, 6) is -0.254. The Labute approximate surface area is 108 Å². The van der Waals surface area contributed by atoms with Gasteiger partial charge in [0.05, 0.1) is 6.61 Å². The van der Waals surface area contributed by atoms with Crippen molar-refractivity contribution in [1.29, 1.82) is 0 Å². The van der Waals surface area contributed by atoms with Gasteiger partial charge in [-0.05, 0) is 12.5 Å². The second-order valence-electron chi connectivity index (χ2n) is 3.29. The Bertz CT molecular complexity index is 341. The van der Waals surface area contributed by atoms with Gasteiger partial charge >= 0.3 is 5.97 Å². The average molecular weight is 256 g/mol. The fourth-order valence-corrected chi connectivity index (χ4v) is 1.41. The van der Waals surface area contributed by atoms with Crippen molar-refractivity contribution in [1.82, 2.24) is 5.32 Å². The minimum Gasteiger partial charge on any atom is -0.465 e. The van der Waals surface area contributed by atoms with Gasteiger partial charge in [-0.3, -0.25) is 5.32 Å². The maximum absolute atomic E-state index is 11.7. The van der Waals surface area contributed by atoms with E-state index in [1.807, 2.05) is 30.3 Å². The SMILES string of the molecule is C=CCN[C@H](C(=O)OCC)c1ccccc1.Cl. The van der Waals surface area contributed by atoms with Crippen molar-refractivity contribution in [3.63, 3.8) is 0 Å². The predicted molar refractivity (Wildman–Crippen MR) is 71.3 cm³/mol. The molecule has 17 heavy (non-hydrogen) atoms. The summed E-state index contributed by atoms with van der Waals surface area (Å²) in [5, 5.41) is 3.08. The van der Waals surface area contributed by atoms with Crippen LogP contribution in [0, 0.1) is 0 Å². The molecule has 0 fully saturated rings. The lowest BCUT2D eigenvalue weighted by molar-refractivity contribution is -0.145. The molecule has 0 amide bonds. The van der Waals surface area contributed by atoms with Crippen LogP contribution >= 0.6 is 12.4 Å². The van der Waals surface area contributed by atoms with Crippen LogP contribution < -0.4 is 5.32 Å². The van der Waals surface area contributed by atoms with E-state index in [0.29, 0.717) is 13.2 Å². The van der Waals surface area contributed by atoms with E-state index in [-0.39, 0.29) is 18.4 Å². The lowest BCUT2D eigenvalue weighted by Gasteiger charge is -2.16. The van der Waals surface area contributed by atoms with Crippen LogP contribution in [0.2, 0.25) is 0 Å². The fraction of sp³-hybridized carbons (Fsp3) is 0.308. The summed E-state index contributed by atoms with van der Waals surface area (Å²) in [6, 6.07) is 9.10. The lowest BCUT2D eigenvalue weighted by atomic mass is 10.1. The molecule has 0 radical (unpaired) electrons. The van der Waals surface area contributed by atoms with Gasteiger partial charge in [-0.25, -0.2) is 4.79 Å². The Balaban J connectivity index is 0.00000256. The van der Waals surface area contributed by atoms with E-state index in [4.69, 9.17) is 4.74 Å². The highest BCUT2D eigenvalue weighted by molar-refractivity contribution is 5.85. The molecule has 1 rings (SSSR count). The van der Waals surface area contributed by atoms with Crippen LogP contribution in [0.1, 0.15) is 18.5 Å². The third-order valence-electron chi connectivity index (χ3n) is 2.12. The minimum atomic E-state index is -0.417. The maximum Gasteiger partial charge on any atom is 0.327 e. The van der Waals surface area contributed by atoms with Crippen molar-refractivity contribution in [2.45, 2.75) is 13.0 Å². The van der Waals surface area contributed by atoms with Gasteiger partial charge < -0.3 is 4.74 Å². The number of rotatable bonds is 6. The first-order valence-corrected chi connectivity index (χ1v) is 5.35. The highest BCUT2D eigenvalue weighted by Crippen LogP contribution is 2.13. The maximum atomic E-state index is 11.7. The molecule has 0 saturated heterocycles. The molecule has 0 bridgehead atoms. The zero-order valence-corrected chi connectivity index (χ0v) is 10.7. The minimum absolute atomic E-state index is 0. The molecule has 4 heteroatoms. The molecule has 0 unspecified atom stereocenters. The van der Waals surface area contributed by atoms with E-state index >= 15 is 0 Å². The number of esters is 1. The van der Waals surface area contributed by atoms with E-state index in [2.05, 4.69) is 11.9 Å². The standard InChI is InChI=1S/C13H17NO2.ClH/c1-3-10-14-12(13(15)16-4-2)11-8-6-5-7-9-11;/h3,5-9,12,14H,1,4,10H2,2H3;1H/t12-;/m0./s1. The van der Waals surface area contributed by atoms with Crippen LogP contribution in [0.3, 0.4) is 0 Å². The molecule has 0 aliphatic heterocycles. The number of hydrogen-bond donors (Lipinski definition) is 1. The van der Waals surface area contributed by atoms with Crippen molar-refractivity contribution in [2.24, 2.45) is 0 Å². The lowest BCUT2D eigenvalue weighted by Crippen LogP contribution is -2.30. The molecule has 0 saturated carbocycles. The van der Waals surface area contributed by atoms with Crippen LogP contribution in [-0.4, -0.2) is 19.1 Å². The number of benzene rings is 1. The van der Waals surface area contributed by atoms with Crippen molar-refractivity contribution >= 4 is 18.4 Å². The third kappa shape index (κ3) is 5.02. The van der Waals surface area contributed by atoms with Gasteiger partial charge in [-0.1, -0.05) is 36.4 Å². The molecule has 0 aliphatic carbocycles. The van der Waals surface area contributed by atoms with E-state index in [0.717, 1.165) is 5.56 Å². The van der Waals surface area contributed by atoms with E-state index in [9.17, 15) is 4.79 Å². The van der Waals surface area contributed by atoms with E-state index in [1.165, 1.54) is 0 Å². The van der Waals surface area contributed by atoms with Crippen molar-refractivity contribution in [3.8, 4) is 0 Å². The summed E-state index contributed by atoms with van der Waals surface area (Å²) in [6.45, 7) is 6.37. The number of hydrogen-bond acceptors (Lipinski definition) is 3. The van der Waals surface area contributed by atoms with Gasteiger partial charge in [-0.15, -0.1) is 19.0 Å². The van der Waals surface area contributed by atoms with Crippen LogP contribution in [0.15, 0.2) is 43.0 Å². The van der Waals surface area contributed by atoms with Gasteiger partial charge in [0, 0.05) is 6.54 Å². The first-order chi connectivity index (χ1) is 7.79. The zero-order valence-electron chi connectivity index (χ0n) is 9.89. The molecule has 1 atom stereocenters. The van der Waals surface area contributed by atoms with Gasteiger partial charge in [0.25, 0.3) is 0 Å². The van der Waals surface area contributed by atoms with Crippen molar-refractivity contribution in [3.05, 3.63) is 48.6 Å². The monoisotopic (exact) mass is 255 g/mol. The first kappa shape index (κ1) is 15.7. The summed E-state index contributed by atoms with van der Waals surface area (Å²) in [5.41, 5.74) is 0.905. The highest BCUT2D eigenvalue weighted by Gasteiger charge is 2.20. The van der Waals surface area contributed by atoms with E-state index < -0.39 is 6.04 Å². The second kappa shape index (κ2) is 8.79. The Morgan fingerprint density at radius 3 is 2.65 bits per heavy atom. The molecule has 0 spiro atoms. The molecule has 1 aromatic carbocycles. The molecule has 0 aromatic heterocycles. The number of nitrogens with one attached hydrogen (secondary N) is 1. The second-order valence-corrected chi connectivity index (χ2v) is 3.29. The molecule has 3 nitrogen and oxygen atoms in total. The number of ether oxygens (including phenoxy) is 1. The summed E-state index contributed by atoms with van der Waals surface area (Å²) in [6.07, 6.45) is 1.72. The molecular formula is C13H18ClNO2. The first-order valence-electron chi connectivity index (χ1n) is 5.35. The third-order valence-corrected chi connectivity index (χ3v) is 2.12. The average Bonchev–Trinajstić information content (AvgIpc) is 2.31. The Hall–Kier alpha value is -1.32. The summed E-state index contributed by atoms with van der Waals surface area (Å²) < 4.78 is 5.02. The normalized spacial score (nSPS) is 11.1. The van der Waals surface area contributed by atoms with Crippen LogP contribution in [0.4, 0.5) is 0 Å². The number of halogens is 1. The van der Waals surface area contributed by atoms with Gasteiger partial charge in [0.1, 0.15) is 6.04 Å². The Kier molecular flexibility index (Phi) is 8.11. The fourth-order valence-electron chi connectivity index (χ4n) is 1.41. The van der Waals surface area contributed by atoms with Gasteiger partial charge in [-0.2, -0.15) is 0 Å². The molecule has 1 N–H and O–H groups in total. The topological polar surface area (TPSA) is 38.3 Å². The summed E-state index contributed by atoms with van der Waals surface area (Å²) in [4.78, 5) is 11.7. The van der Waals surface area contributed by atoms with Crippen LogP contribution in [0.5, 0.6) is 0 Å². The molecule has 94 valence electrons. The quantitative estimate of drug-likeness (QED) is 0.627. The predicted octanol–water partition coefficient (Wildman–Crippen LogP) is 2.49. The molecule has 0 heterocycles. The zero-order chi connectivity index (χ0) is 11.8. The van der Waals surface area contributed by atoms with Gasteiger partial charge in [0.2, 0.25) is 0 Å². The van der Waals surface area contributed by atoms with Crippen LogP contribution in [-0.2, 0) is 9.53 Å². The Morgan fingerprint density at radius 2 is 2.12 bits per heavy atom. The molecular weight excluding hydrogens is 238 g/mol. The van der Waals surface area contributed by atoms with E-state index in [1.54, 1.807) is 13.0 Å². The Morgan fingerprint density at radius 1 is 1.47 bits per heavy atom. The largest absolute Gasteiger partial charge is 0.465 e. The molecule has 1 aromatic rings. The van der Waals surface area contributed by atoms with Crippen molar-refractivity contribution in [2.75, 3.05) is 13.2 Å². The smallest absolute Gasteiger partial charge is 0.327 e. The van der Waals surface area contributed by atoms with Crippen molar-refractivity contribution < 1.29 is 9.53 Å².